The number of fused-ring (bicyclic) bond motifs is 7. The van der Waals surface area contributed by atoms with Crippen molar-refractivity contribution in [2.45, 2.75) is 94.7 Å². The summed E-state index contributed by atoms with van der Waals surface area (Å²) in [6.45, 7) is 5.55. The van der Waals surface area contributed by atoms with Crippen molar-refractivity contribution in [2.75, 3.05) is 18.4 Å². The first-order valence-corrected chi connectivity index (χ1v) is 15.8. The maximum absolute atomic E-state index is 15.3. The lowest BCUT2D eigenvalue weighted by Gasteiger charge is -2.40. The van der Waals surface area contributed by atoms with Crippen LogP contribution in [-0.4, -0.2) is 76.5 Å². The Balaban J connectivity index is 1.23. The number of carbonyl (C=O) groups excluding carboxylic acids is 4. The van der Waals surface area contributed by atoms with E-state index in [9.17, 15) is 24.4 Å². The normalized spacial score (nSPS) is 36.8. The number of carbonyl (C=O) groups is 4. The molecule has 2 saturated heterocycles. The zero-order chi connectivity index (χ0) is 31.3. The summed E-state index contributed by atoms with van der Waals surface area (Å²) in [5.74, 6) is -2.94. The number of anilines is 1. The minimum atomic E-state index is -2.01. The summed E-state index contributed by atoms with van der Waals surface area (Å²) < 4.78 is 30.4. The van der Waals surface area contributed by atoms with Gasteiger partial charge in [0.25, 0.3) is 5.91 Å². The molecule has 0 radical (unpaired) electrons. The Hall–Kier alpha value is -3.55. The van der Waals surface area contributed by atoms with Crippen LogP contribution < -0.4 is 10.6 Å². The van der Waals surface area contributed by atoms with Gasteiger partial charge in [-0.25, -0.2) is 8.78 Å². The van der Waals surface area contributed by atoms with Gasteiger partial charge in [0.2, 0.25) is 17.7 Å². The van der Waals surface area contributed by atoms with E-state index in [0.29, 0.717) is 24.9 Å². The Morgan fingerprint density at radius 2 is 1.86 bits per heavy atom. The molecule has 3 heterocycles. The monoisotopic (exact) mass is 607 g/mol. The third-order valence-electron chi connectivity index (χ3n) is 11.7. The van der Waals surface area contributed by atoms with Crippen LogP contribution in [0.2, 0.25) is 0 Å². The van der Waals surface area contributed by atoms with Crippen molar-refractivity contribution >= 4 is 29.3 Å². The van der Waals surface area contributed by atoms with E-state index < -0.39 is 70.4 Å². The molecule has 4 amide bonds. The first-order valence-electron chi connectivity index (χ1n) is 15.8. The highest BCUT2D eigenvalue weighted by Gasteiger charge is 2.65. The number of amides is 4. The van der Waals surface area contributed by atoms with Crippen molar-refractivity contribution in [2.24, 2.45) is 29.1 Å². The molecule has 6 aliphatic rings. The van der Waals surface area contributed by atoms with E-state index in [1.807, 2.05) is 18.2 Å². The van der Waals surface area contributed by atoms with Crippen LogP contribution in [0.1, 0.15) is 64.9 Å². The lowest BCUT2D eigenvalue weighted by Crippen LogP contribution is -2.62. The number of rotatable bonds is 4. The first kappa shape index (κ1) is 29.2. The maximum Gasteiger partial charge on any atom is 0.258 e. The fraction of sp³-hybridized carbons (Fsp3) is 0.667. The molecule has 7 rings (SSSR count). The van der Waals surface area contributed by atoms with Crippen LogP contribution in [0.5, 0.6) is 0 Å². The molecule has 9 unspecified atom stereocenters. The van der Waals surface area contributed by atoms with Gasteiger partial charge < -0.3 is 20.4 Å². The number of nitriles is 1. The molecule has 1 aromatic rings. The summed E-state index contributed by atoms with van der Waals surface area (Å²) in [5, 5.41) is 15.8. The van der Waals surface area contributed by atoms with Gasteiger partial charge >= 0.3 is 0 Å². The molecule has 11 heteroatoms. The average molecular weight is 608 g/mol. The van der Waals surface area contributed by atoms with E-state index in [1.165, 1.54) is 9.80 Å². The number of nitrogens with one attached hydrogen (secondary N) is 2. The lowest BCUT2D eigenvalue weighted by molar-refractivity contribution is -0.151. The van der Waals surface area contributed by atoms with Gasteiger partial charge in [0.1, 0.15) is 24.3 Å². The van der Waals surface area contributed by atoms with Crippen LogP contribution in [0, 0.1) is 40.4 Å². The number of nitrogens with zero attached hydrogens (tertiary/aromatic N) is 3. The molecule has 1 spiro atoms. The van der Waals surface area contributed by atoms with Gasteiger partial charge in [0.05, 0.1) is 11.5 Å². The van der Waals surface area contributed by atoms with E-state index in [2.05, 4.69) is 16.7 Å². The molecule has 2 bridgehead atoms. The highest BCUT2D eigenvalue weighted by molar-refractivity contribution is 6.07. The van der Waals surface area contributed by atoms with E-state index in [-0.39, 0.29) is 50.1 Å². The quantitative estimate of drug-likeness (QED) is 0.544. The summed E-state index contributed by atoms with van der Waals surface area (Å²) in [5.41, 5.74) is -2.54. The third-order valence-corrected chi connectivity index (χ3v) is 11.7. The molecule has 2 N–H and O–H groups in total. The Bertz CT molecular complexity index is 1480. The van der Waals surface area contributed by atoms with Crippen molar-refractivity contribution in [3.8, 4) is 6.07 Å². The van der Waals surface area contributed by atoms with Crippen LogP contribution in [0.4, 0.5) is 14.5 Å². The predicted molar refractivity (Wildman–Crippen MR) is 155 cm³/mol. The molecular weight excluding hydrogens is 568 g/mol. The number of para-hydroxylation sites is 1. The Kier molecular flexibility index (Phi) is 6.45. The molecular formula is C33H39F2N5O4. The van der Waals surface area contributed by atoms with Crippen LogP contribution in [0.3, 0.4) is 0 Å². The maximum atomic E-state index is 15.3. The molecule has 9 atom stereocenters. The lowest BCUT2D eigenvalue weighted by atomic mass is 9.77. The Morgan fingerprint density at radius 3 is 2.52 bits per heavy atom. The van der Waals surface area contributed by atoms with Crippen molar-refractivity contribution in [3.63, 3.8) is 0 Å². The molecule has 1 aromatic carbocycles. The second-order valence-electron chi connectivity index (χ2n) is 15.1. The fourth-order valence-electron chi connectivity index (χ4n) is 9.19. The van der Waals surface area contributed by atoms with E-state index in [1.54, 1.807) is 26.8 Å². The van der Waals surface area contributed by atoms with Crippen LogP contribution >= 0.6 is 0 Å². The first-order chi connectivity index (χ1) is 20.8. The smallest absolute Gasteiger partial charge is 0.258 e. The Labute approximate surface area is 255 Å². The number of benzene rings is 1. The number of halogens is 2. The SMILES string of the molecule is CC(C)(C)C(NC(=O)C1(F)CCC1)C(=O)N1CC2C3CC(F)C(C3)C2C1C(=O)N1CC2(CC1C#N)C(=O)Nc1ccccc12. The second-order valence-corrected chi connectivity index (χ2v) is 15.1. The van der Waals surface area contributed by atoms with Crippen molar-refractivity contribution < 1.29 is 28.0 Å². The summed E-state index contributed by atoms with van der Waals surface area (Å²) >= 11 is 0. The molecule has 44 heavy (non-hydrogen) atoms. The molecule has 234 valence electrons. The largest absolute Gasteiger partial charge is 0.341 e. The fourth-order valence-corrected chi connectivity index (χ4v) is 9.19. The highest BCUT2D eigenvalue weighted by Crippen LogP contribution is 2.59. The zero-order valence-electron chi connectivity index (χ0n) is 25.3. The summed E-state index contributed by atoms with van der Waals surface area (Å²) in [6.07, 6.45) is 0.864. The summed E-state index contributed by atoms with van der Waals surface area (Å²) in [6, 6.07) is 6.39. The van der Waals surface area contributed by atoms with Crippen molar-refractivity contribution in [1.29, 1.82) is 5.26 Å². The zero-order valence-corrected chi connectivity index (χ0v) is 25.3. The topological polar surface area (TPSA) is 123 Å². The van der Waals surface area contributed by atoms with Crippen LogP contribution in [-0.2, 0) is 24.6 Å². The Morgan fingerprint density at radius 1 is 1.14 bits per heavy atom. The van der Waals surface area contributed by atoms with Crippen molar-refractivity contribution in [1.82, 2.24) is 15.1 Å². The molecule has 3 aliphatic carbocycles. The van der Waals surface area contributed by atoms with Gasteiger partial charge in [-0.1, -0.05) is 39.0 Å². The van der Waals surface area contributed by atoms with Gasteiger partial charge in [-0.15, -0.1) is 0 Å². The van der Waals surface area contributed by atoms with Crippen LogP contribution in [0.25, 0.3) is 0 Å². The minimum Gasteiger partial charge on any atom is -0.341 e. The van der Waals surface area contributed by atoms with Gasteiger partial charge in [-0.2, -0.15) is 5.26 Å². The average Bonchev–Trinajstić information content (AvgIpc) is 3.76. The third kappa shape index (κ3) is 4.05. The molecule has 9 nitrogen and oxygen atoms in total. The number of likely N-dealkylation sites (tertiary alicyclic amines) is 2. The van der Waals surface area contributed by atoms with Gasteiger partial charge in [-0.3, -0.25) is 19.2 Å². The number of hydrogen-bond acceptors (Lipinski definition) is 5. The summed E-state index contributed by atoms with van der Waals surface area (Å²) in [7, 11) is 0. The summed E-state index contributed by atoms with van der Waals surface area (Å²) in [4.78, 5) is 58.4. The van der Waals surface area contributed by atoms with Gasteiger partial charge in [0.15, 0.2) is 5.67 Å². The minimum absolute atomic E-state index is 0.0280. The molecule has 3 aliphatic heterocycles. The van der Waals surface area contributed by atoms with Gasteiger partial charge in [0, 0.05) is 25.2 Å². The van der Waals surface area contributed by atoms with E-state index in [0.717, 1.165) is 5.56 Å². The number of alkyl halides is 2. The molecule has 3 saturated carbocycles. The van der Waals surface area contributed by atoms with Crippen LogP contribution in [0.15, 0.2) is 24.3 Å². The predicted octanol–water partition coefficient (Wildman–Crippen LogP) is 3.25. The second kappa shape index (κ2) is 9.72. The standard InChI is InChI=1S/C33H39F2N5O4/c1-31(2,3)26(38-30(44)33(35)9-6-10-33)28(42)39-15-20-17-11-19(22(34)12-17)24(20)25(39)27(41)40-16-32(13-18(40)14-36)21-7-4-5-8-23(21)37-29(32)43/h4-5,7-8,17-20,22,24-26H,6,9-13,15-16H2,1-3H3,(H,37,43)(H,38,44). The van der Waals surface area contributed by atoms with E-state index in [4.69, 9.17) is 0 Å². The molecule has 0 aromatic heterocycles. The number of hydrogen-bond donors (Lipinski definition) is 2. The molecule has 5 fully saturated rings. The van der Waals surface area contributed by atoms with E-state index >= 15 is 8.78 Å². The van der Waals surface area contributed by atoms with Crippen molar-refractivity contribution in [3.05, 3.63) is 29.8 Å². The highest BCUT2D eigenvalue weighted by atomic mass is 19.1. The van der Waals surface area contributed by atoms with Gasteiger partial charge in [-0.05, 0) is 72.8 Å².